The van der Waals surface area contributed by atoms with Crippen LogP contribution >= 0.6 is 0 Å². The average molecular weight is 214 g/mol. The molecule has 0 saturated heterocycles. The molecule has 15 heavy (non-hydrogen) atoms. The summed E-state index contributed by atoms with van der Waals surface area (Å²) < 4.78 is 6.45. The van der Waals surface area contributed by atoms with Crippen molar-refractivity contribution in [3.8, 4) is 0 Å². The number of hydrogen-bond donors (Lipinski definition) is 2. The van der Waals surface area contributed by atoms with Gasteiger partial charge in [0.2, 0.25) is 0 Å². The average Bonchev–Trinajstić information content (AvgIpc) is 2.63. The number of aliphatic hydroxyl groups excluding tert-OH is 1. The summed E-state index contributed by atoms with van der Waals surface area (Å²) in [5, 5.41) is 20.5. The molecule has 2 N–H and O–H groups in total. The monoisotopic (exact) mass is 214 g/mol. The van der Waals surface area contributed by atoms with Crippen molar-refractivity contribution in [1.82, 2.24) is 20.3 Å². The number of rotatable bonds is 7. The molecule has 1 unspecified atom stereocenters. The van der Waals surface area contributed by atoms with Gasteiger partial charge in [-0.05, 0) is 6.54 Å². The Morgan fingerprint density at radius 2 is 2.47 bits per heavy atom. The highest BCUT2D eigenvalue weighted by Crippen LogP contribution is 1.95. The zero-order valence-corrected chi connectivity index (χ0v) is 9.18. The van der Waals surface area contributed by atoms with Gasteiger partial charge in [-0.1, -0.05) is 12.1 Å². The van der Waals surface area contributed by atoms with Crippen LogP contribution in [0.4, 0.5) is 0 Å². The van der Waals surface area contributed by atoms with Gasteiger partial charge < -0.3 is 15.2 Å². The van der Waals surface area contributed by atoms with Crippen molar-refractivity contribution in [3.63, 3.8) is 0 Å². The molecule has 1 rings (SSSR count). The molecule has 1 aromatic heterocycles. The topological polar surface area (TPSA) is 72.2 Å². The predicted octanol–water partition coefficient (Wildman–Crippen LogP) is -0.605. The standard InChI is InChI=1S/C9H18N4O2/c1-3-10-4-8-5-13(12-11-8)6-9(14)7-15-2/h5,9-10,14H,3-4,6-7H2,1-2H3. The first kappa shape index (κ1) is 12.1. The summed E-state index contributed by atoms with van der Waals surface area (Å²) >= 11 is 0. The Kier molecular flexibility index (Phi) is 5.23. The normalized spacial score (nSPS) is 13.0. The molecule has 6 heteroatoms. The molecule has 0 amide bonds. The van der Waals surface area contributed by atoms with Gasteiger partial charge in [-0.25, -0.2) is 4.68 Å². The molecular weight excluding hydrogens is 196 g/mol. The van der Waals surface area contributed by atoms with Crippen LogP contribution in [0.1, 0.15) is 12.6 Å². The van der Waals surface area contributed by atoms with E-state index in [-0.39, 0.29) is 0 Å². The van der Waals surface area contributed by atoms with Crippen molar-refractivity contribution in [3.05, 3.63) is 11.9 Å². The summed E-state index contributed by atoms with van der Waals surface area (Å²) in [7, 11) is 1.56. The van der Waals surface area contributed by atoms with Crippen LogP contribution in [-0.2, 0) is 17.8 Å². The van der Waals surface area contributed by atoms with Crippen LogP contribution in [0.5, 0.6) is 0 Å². The van der Waals surface area contributed by atoms with Gasteiger partial charge in [0.05, 0.1) is 24.9 Å². The highest BCUT2D eigenvalue weighted by molar-refractivity contribution is 4.91. The van der Waals surface area contributed by atoms with E-state index < -0.39 is 6.10 Å². The molecule has 0 aliphatic heterocycles. The molecular formula is C9H18N4O2. The second-order valence-corrected chi connectivity index (χ2v) is 3.32. The van der Waals surface area contributed by atoms with Gasteiger partial charge in [0.1, 0.15) is 0 Å². The minimum absolute atomic E-state index is 0.308. The number of aromatic nitrogens is 3. The number of nitrogens with zero attached hydrogens (tertiary/aromatic N) is 3. The third-order valence-corrected chi connectivity index (χ3v) is 1.90. The predicted molar refractivity (Wildman–Crippen MR) is 55.3 cm³/mol. The first-order valence-corrected chi connectivity index (χ1v) is 5.03. The van der Waals surface area contributed by atoms with Crippen LogP contribution in [0.3, 0.4) is 0 Å². The Balaban J connectivity index is 2.38. The van der Waals surface area contributed by atoms with Crippen LogP contribution in [-0.4, -0.2) is 46.5 Å². The second-order valence-electron chi connectivity index (χ2n) is 3.32. The summed E-state index contributed by atoms with van der Waals surface area (Å²) in [5.41, 5.74) is 0.876. The first-order valence-electron chi connectivity index (χ1n) is 5.03. The molecule has 0 bridgehead atoms. The molecule has 1 heterocycles. The molecule has 6 nitrogen and oxygen atoms in total. The highest BCUT2D eigenvalue weighted by atomic mass is 16.5. The van der Waals surface area contributed by atoms with Crippen molar-refractivity contribution in [1.29, 1.82) is 0 Å². The smallest absolute Gasteiger partial charge is 0.0969 e. The highest BCUT2D eigenvalue weighted by Gasteiger charge is 2.06. The molecule has 86 valence electrons. The molecule has 0 radical (unpaired) electrons. The number of hydrogen-bond acceptors (Lipinski definition) is 5. The van der Waals surface area contributed by atoms with E-state index in [4.69, 9.17) is 4.74 Å². The number of nitrogens with one attached hydrogen (secondary N) is 1. The van der Waals surface area contributed by atoms with E-state index in [2.05, 4.69) is 15.6 Å². The quantitative estimate of drug-likeness (QED) is 0.634. The maximum absolute atomic E-state index is 9.46. The van der Waals surface area contributed by atoms with E-state index in [1.165, 1.54) is 0 Å². The minimum Gasteiger partial charge on any atom is -0.389 e. The van der Waals surface area contributed by atoms with Gasteiger partial charge in [0.25, 0.3) is 0 Å². The van der Waals surface area contributed by atoms with Crippen LogP contribution < -0.4 is 5.32 Å². The summed E-state index contributed by atoms with van der Waals surface area (Å²) in [6.07, 6.45) is 1.28. The number of aliphatic hydroxyl groups is 1. The Bertz CT molecular complexity index is 277. The van der Waals surface area contributed by atoms with Gasteiger partial charge >= 0.3 is 0 Å². The molecule has 0 fully saturated rings. The van der Waals surface area contributed by atoms with Gasteiger partial charge in [-0.2, -0.15) is 0 Å². The van der Waals surface area contributed by atoms with Crippen LogP contribution in [0.2, 0.25) is 0 Å². The molecule has 0 aromatic carbocycles. The van der Waals surface area contributed by atoms with E-state index in [0.717, 1.165) is 12.2 Å². The van der Waals surface area contributed by atoms with Crippen molar-refractivity contribution < 1.29 is 9.84 Å². The van der Waals surface area contributed by atoms with E-state index in [0.29, 0.717) is 19.7 Å². The fourth-order valence-electron chi connectivity index (χ4n) is 1.22. The largest absolute Gasteiger partial charge is 0.389 e. The lowest BCUT2D eigenvalue weighted by atomic mass is 10.4. The SMILES string of the molecule is CCNCc1cn(CC(O)COC)nn1. The van der Waals surface area contributed by atoms with Gasteiger partial charge in [0, 0.05) is 19.9 Å². The van der Waals surface area contributed by atoms with Crippen LogP contribution in [0, 0.1) is 0 Å². The van der Waals surface area contributed by atoms with Gasteiger partial charge in [0.15, 0.2) is 0 Å². The molecule has 1 aromatic rings. The zero-order chi connectivity index (χ0) is 11.1. The minimum atomic E-state index is -0.538. The number of ether oxygens (including phenoxy) is 1. The maximum atomic E-state index is 9.46. The lowest BCUT2D eigenvalue weighted by molar-refractivity contribution is 0.0510. The summed E-state index contributed by atoms with van der Waals surface area (Å²) in [5.74, 6) is 0. The first-order chi connectivity index (χ1) is 7.26. The van der Waals surface area contributed by atoms with Crippen molar-refractivity contribution >= 4 is 0 Å². The summed E-state index contributed by atoms with van der Waals surface area (Å²) in [6.45, 7) is 4.36. The molecule has 0 aliphatic carbocycles. The summed E-state index contributed by atoms with van der Waals surface area (Å²) in [4.78, 5) is 0. The van der Waals surface area contributed by atoms with Crippen molar-refractivity contribution in [2.24, 2.45) is 0 Å². The Labute approximate surface area is 89.2 Å². The molecule has 0 aliphatic rings. The van der Waals surface area contributed by atoms with E-state index in [9.17, 15) is 5.11 Å². The third kappa shape index (κ3) is 4.37. The van der Waals surface area contributed by atoms with E-state index >= 15 is 0 Å². The van der Waals surface area contributed by atoms with E-state index in [1.54, 1.807) is 11.8 Å². The fraction of sp³-hybridized carbons (Fsp3) is 0.778. The van der Waals surface area contributed by atoms with Crippen LogP contribution in [0.15, 0.2) is 6.20 Å². The Morgan fingerprint density at radius 3 is 3.13 bits per heavy atom. The molecule has 0 saturated carbocycles. The lowest BCUT2D eigenvalue weighted by Gasteiger charge is -2.07. The van der Waals surface area contributed by atoms with Gasteiger partial charge in [-0.15, -0.1) is 5.10 Å². The lowest BCUT2D eigenvalue weighted by Crippen LogP contribution is -2.21. The fourth-order valence-corrected chi connectivity index (χ4v) is 1.22. The Morgan fingerprint density at radius 1 is 1.67 bits per heavy atom. The maximum Gasteiger partial charge on any atom is 0.0969 e. The second kappa shape index (κ2) is 6.49. The molecule has 0 spiro atoms. The molecule has 1 atom stereocenters. The van der Waals surface area contributed by atoms with E-state index in [1.807, 2.05) is 13.1 Å². The van der Waals surface area contributed by atoms with Gasteiger partial charge in [-0.3, -0.25) is 0 Å². The van der Waals surface area contributed by atoms with Crippen LogP contribution in [0.25, 0.3) is 0 Å². The zero-order valence-electron chi connectivity index (χ0n) is 9.18. The van der Waals surface area contributed by atoms with Crippen molar-refractivity contribution in [2.75, 3.05) is 20.3 Å². The third-order valence-electron chi connectivity index (χ3n) is 1.90. The summed E-state index contributed by atoms with van der Waals surface area (Å²) in [6, 6.07) is 0. The Hall–Kier alpha value is -0.980. The van der Waals surface area contributed by atoms with Crippen molar-refractivity contribution in [2.45, 2.75) is 26.1 Å². The number of methoxy groups -OCH3 is 1.